The number of amides is 1. The highest BCUT2D eigenvalue weighted by Gasteiger charge is 2.35. The predicted octanol–water partition coefficient (Wildman–Crippen LogP) is 1.18. The van der Waals surface area contributed by atoms with Crippen molar-refractivity contribution in [3.63, 3.8) is 0 Å². The van der Waals surface area contributed by atoms with Gasteiger partial charge in [-0.15, -0.1) is 12.4 Å². The van der Waals surface area contributed by atoms with Crippen LogP contribution in [0.2, 0.25) is 0 Å². The number of rotatable bonds is 4. The minimum Gasteiger partial charge on any atom is -0.347 e. The Labute approximate surface area is 125 Å². The van der Waals surface area contributed by atoms with Crippen LogP contribution in [0.3, 0.4) is 0 Å². The molecule has 1 aromatic carbocycles. The normalized spacial score (nSPS) is 20.6. The van der Waals surface area contributed by atoms with Crippen molar-refractivity contribution in [1.29, 1.82) is 0 Å². The zero-order valence-corrected chi connectivity index (χ0v) is 12.8. The highest BCUT2D eigenvalue weighted by atomic mass is 35.5. The monoisotopic (exact) mass is 318 g/mol. The van der Waals surface area contributed by atoms with E-state index in [-0.39, 0.29) is 24.1 Å². The van der Waals surface area contributed by atoms with Crippen LogP contribution in [0.1, 0.15) is 31.4 Å². The van der Waals surface area contributed by atoms with Crippen molar-refractivity contribution in [2.45, 2.75) is 36.7 Å². The Balaban J connectivity index is 0.00000200. The van der Waals surface area contributed by atoms with Gasteiger partial charge in [-0.25, -0.2) is 8.42 Å². The van der Waals surface area contributed by atoms with Crippen molar-refractivity contribution in [2.75, 3.05) is 5.75 Å². The summed E-state index contributed by atoms with van der Waals surface area (Å²) in [7, 11) is -3.29. The molecule has 5 nitrogen and oxygen atoms in total. The maximum atomic E-state index is 12.0. The third-order valence-electron chi connectivity index (χ3n) is 3.27. The van der Waals surface area contributed by atoms with Gasteiger partial charge in [0.2, 0.25) is 5.91 Å². The number of nitrogens with one attached hydrogen (secondary N) is 1. The molecular weight excluding hydrogens is 300 g/mol. The maximum absolute atomic E-state index is 12.0. The van der Waals surface area contributed by atoms with E-state index in [4.69, 9.17) is 5.73 Å². The molecule has 0 aliphatic carbocycles. The van der Waals surface area contributed by atoms with Gasteiger partial charge in [-0.2, -0.15) is 0 Å². The Morgan fingerprint density at radius 1 is 1.45 bits per heavy atom. The molecule has 0 radical (unpaired) electrons. The lowest BCUT2D eigenvalue weighted by molar-refractivity contribution is -0.123. The molecule has 0 saturated carbocycles. The lowest BCUT2D eigenvalue weighted by Crippen LogP contribution is -2.42. The third-order valence-corrected chi connectivity index (χ3v) is 5.08. The van der Waals surface area contributed by atoms with Crippen LogP contribution in [0.4, 0.5) is 0 Å². The lowest BCUT2D eigenvalue weighted by Gasteiger charge is -2.16. The van der Waals surface area contributed by atoms with Crippen LogP contribution >= 0.6 is 12.4 Å². The molecule has 3 N–H and O–H groups in total. The van der Waals surface area contributed by atoms with Gasteiger partial charge >= 0.3 is 0 Å². The Hall–Kier alpha value is -1.11. The van der Waals surface area contributed by atoms with Crippen molar-refractivity contribution >= 4 is 28.2 Å². The van der Waals surface area contributed by atoms with E-state index in [2.05, 4.69) is 5.32 Å². The third kappa shape index (κ3) is 3.31. The lowest BCUT2D eigenvalue weighted by atomic mass is 10.1. The Bertz CT molecular complexity index is 589. The summed E-state index contributed by atoms with van der Waals surface area (Å²) in [4.78, 5) is 12.2. The summed E-state index contributed by atoms with van der Waals surface area (Å²) < 4.78 is 23.9. The topological polar surface area (TPSA) is 89.3 Å². The van der Waals surface area contributed by atoms with Gasteiger partial charge in [0, 0.05) is 0 Å². The molecule has 1 heterocycles. The zero-order chi connectivity index (χ0) is 14.0. The van der Waals surface area contributed by atoms with E-state index in [1.807, 2.05) is 6.92 Å². The molecule has 0 spiro atoms. The highest BCUT2D eigenvalue weighted by molar-refractivity contribution is 7.91. The van der Waals surface area contributed by atoms with E-state index in [0.717, 1.165) is 6.42 Å². The van der Waals surface area contributed by atoms with Crippen LogP contribution in [0.25, 0.3) is 0 Å². The number of hydrogen-bond donors (Lipinski definition) is 2. The van der Waals surface area contributed by atoms with Crippen LogP contribution in [0.15, 0.2) is 29.2 Å². The molecule has 2 atom stereocenters. The molecule has 0 fully saturated rings. The summed E-state index contributed by atoms with van der Waals surface area (Å²) in [6.45, 7) is 1.95. The smallest absolute Gasteiger partial charge is 0.237 e. The number of sulfone groups is 1. The van der Waals surface area contributed by atoms with Crippen LogP contribution in [0, 0.1) is 0 Å². The summed E-state index contributed by atoms with van der Waals surface area (Å²) in [6, 6.07) is 5.68. The van der Waals surface area contributed by atoms with Gasteiger partial charge in [0.15, 0.2) is 9.84 Å². The van der Waals surface area contributed by atoms with Crippen LogP contribution in [-0.4, -0.2) is 26.1 Å². The van der Waals surface area contributed by atoms with Crippen molar-refractivity contribution in [1.82, 2.24) is 5.32 Å². The number of benzene rings is 1. The Morgan fingerprint density at radius 3 is 2.75 bits per heavy atom. The molecule has 1 aliphatic rings. The SMILES string of the molecule is CCCC(N)C(=O)NC1CS(=O)(=O)c2ccccc21.Cl. The molecule has 0 bridgehead atoms. The van der Waals surface area contributed by atoms with E-state index >= 15 is 0 Å². The van der Waals surface area contributed by atoms with E-state index in [0.29, 0.717) is 16.9 Å². The van der Waals surface area contributed by atoms with Crippen molar-refractivity contribution in [3.8, 4) is 0 Å². The van der Waals surface area contributed by atoms with Crippen molar-refractivity contribution < 1.29 is 13.2 Å². The Morgan fingerprint density at radius 2 is 2.10 bits per heavy atom. The summed E-state index contributed by atoms with van der Waals surface area (Å²) in [5.41, 5.74) is 6.38. The van der Waals surface area contributed by atoms with E-state index in [1.54, 1.807) is 24.3 Å². The van der Waals surface area contributed by atoms with E-state index in [9.17, 15) is 13.2 Å². The van der Waals surface area contributed by atoms with Crippen LogP contribution in [-0.2, 0) is 14.6 Å². The average molecular weight is 319 g/mol. The minimum atomic E-state index is -3.29. The van der Waals surface area contributed by atoms with Gasteiger partial charge < -0.3 is 11.1 Å². The van der Waals surface area contributed by atoms with Crippen molar-refractivity contribution in [3.05, 3.63) is 29.8 Å². The van der Waals surface area contributed by atoms with Gasteiger partial charge in [0.1, 0.15) is 0 Å². The Kier molecular flexibility index (Phi) is 5.56. The second kappa shape index (κ2) is 6.56. The summed E-state index contributed by atoms with van der Waals surface area (Å²) in [6.07, 6.45) is 1.40. The molecule has 2 rings (SSSR count). The number of fused-ring (bicyclic) bond motifs is 1. The summed E-state index contributed by atoms with van der Waals surface area (Å²) >= 11 is 0. The zero-order valence-electron chi connectivity index (χ0n) is 11.2. The largest absolute Gasteiger partial charge is 0.347 e. The molecule has 1 amide bonds. The first-order valence-corrected chi connectivity index (χ1v) is 7.98. The van der Waals surface area contributed by atoms with Crippen LogP contribution in [0.5, 0.6) is 0 Å². The van der Waals surface area contributed by atoms with Crippen molar-refractivity contribution in [2.24, 2.45) is 5.73 Å². The van der Waals surface area contributed by atoms with Gasteiger partial charge in [-0.3, -0.25) is 4.79 Å². The first kappa shape index (κ1) is 16.9. The standard InChI is InChI=1S/C13H18N2O3S.ClH/c1-2-5-10(14)13(16)15-11-8-19(17,18)12-7-4-3-6-9(11)12;/h3-4,6-7,10-11H,2,5,8,14H2,1H3,(H,15,16);1H. The van der Waals surface area contributed by atoms with Gasteiger partial charge in [0.25, 0.3) is 0 Å². The minimum absolute atomic E-state index is 0. The molecule has 2 unspecified atom stereocenters. The molecule has 0 aromatic heterocycles. The number of nitrogens with two attached hydrogens (primary N) is 1. The second-order valence-corrected chi connectivity index (χ2v) is 6.78. The first-order chi connectivity index (χ1) is 8.95. The van der Waals surface area contributed by atoms with Gasteiger partial charge in [-0.1, -0.05) is 31.5 Å². The number of halogens is 1. The highest BCUT2D eigenvalue weighted by Crippen LogP contribution is 2.32. The summed E-state index contributed by atoms with van der Waals surface area (Å²) in [5, 5.41) is 2.73. The van der Waals surface area contributed by atoms with E-state index < -0.39 is 21.9 Å². The maximum Gasteiger partial charge on any atom is 0.237 e. The molecule has 0 saturated heterocycles. The molecule has 7 heteroatoms. The molecule has 1 aromatic rings. The predicted molar refractivity (Wildman–Crippen MR) is 79.5 cm³/mol. The first-order valence-electron chi connectivity index (χ1n) is 6.33. The molecule has 112 valence electrons. The number of carbonyl (C=O) groups excluding carboxylic acids is 1. The number of carbonyl (C=O) groups is 1. The van der Waals surface area contributed by atoms with E-state index in [1.165, 1.54) is 0 Å². The second-order valence-electron chi connectivity index (χ2n) is 4.78. The fourth-order valence-electron chi connectivity index (χ4n) is 2.29. The van der Waals surface area contributed by atoms with Crippen LogP contribution < -0.4 is 11.1 Å². The molecule has 1 aliphatic heterocycles. The fraction of sp³-hybridized carbons (Fsp3) is 0.462. The fourth-order valence-corrected chi connectivity index (χ4v) is 4.03. The average Bonchev–Trinajstić information content (AvgIpc) is 2.62. The molecule has 20 heavy (non-hydrogen) atoms. The quantitative estimate of drug-likeness (QED) is 0.872. The number of hydrogen-bond acceptors (Lipinski definition) is 4. The van der Waals surface area contributed by atoms with Gasteiger partial charge in [0.05, 0.1) is 22.7 Å². The summed E-state index contributed by atoms with van der Waals surface area (Å²) in [5.74, 6) is -0.379. The molecular formula is C13H19ClN2O3S. The van der Waals surface area contributed by atoms with Gasteiger partial charge in [-0.05, 0) is 18.1 Å².